The lowest BCUT2D eigenvalue weighted by Gasteiger charge is -2.62. The van der Waals surface area contributed by atoms with E-state index in [-0.39, 0.29) is 16.4 Å². The standard InChI is InChI=1S/C30H46O4/c1-18(15-20(31)16-19(2)25(33)34)21-9-11-28(6)23-8-7-22-26(3,4)24(32)10-12-29(22)17-30(23,29)14-13-27(21,28)5/h16,18,20-23,31H,7-15,17H2,1-6H3,(H,33,34)/b19-16-. The molecule has 2 N–H and O–H groups in total. The Labute approximate surface area is 206 Å². The van der Waals surface area contributed by atoms with E-state index in [1.807, 2.05) is 0 Å². The molecule has 5 aliphatic rings. The molecule has 9 unspecified atom stereocenters. The minimum atomic E-state index is -0.953. The number of ketones is 1. The van der Waals surface area contributed by atoms with Gasteiger partial charge in [0.05, 0.1) is 6.10 Å². The van der Waals surface area contributed by atoms with Crippen LogP contribution in [0.25, 0.3) is 0 Å². The van der Waals surface area contributed by atoms with Crippen molar-refractivity contribution in [2.75, 3.05) is 0 Å². The van der Waals surface area contributed by atoms with Crippen LogP contribution in [0.15, 0.2) is 11.6 Å². The van der Waals surface area contributed by atoms with E-state index in [0.717, 1.165) is 18.8 Å². The topological polar surface area (TPSA) is 74.6 Å². The largest absolute Gasteiger partial charge is 0.478 e. The summed E-state index contributed by atoms with van der Waals surface area (Å²) in [4.78, 5) is 24.0. The molecule has 5 fully saturated rings. The molecule has 0 saturated heterocycles. The summed E-state index contributed by atoms with van der Waals surface area (Å²) in [5, 5.41) is 19.8. The number of aliphatic carboxylic acids is 1. The summed E-state index contributed by atoms with van der Waals surface area (Å²) in [6, 6.07) is 0. The van der Waals surface area contributed by atoms with Gasteiger partial charge in [0.15, 0.2) is 0 Å². The molecule has 0 aromatic rings. The molecule has 5 saturated carbocycles. The van der Waals surface area contributed by atoms with E-state index in [4.69, 9.17) is 0 Å². The molecule has 0 amide bonds. The van der Waals surface area contributed by atoms with Gasteiger partial charge in [0.1, 0.15) is 5.78 Å². The first kappa shape index (κ1) is 24.5. The second kappa shape index (κ2) is 7.43. The van der Waals surface area contributed by atoms with Crippen LogP contribution >= 0.6 is 0 Å². The molecule has 0 bridgehead atoms. The molecule has 190 valence electrons. The Bertz CT molecular complexity index is 934. The molecule has 34 heavy (non-hydrogen) atoms. The average Bonchev–Trinajstić information content (AvgIpc) is 3.33. The SMILES string of the molecule is C/C(=C/C(O)CC(C)C1CCC2(C)C3CCC4C(C)(C)C(=O)CCC45CC35CCC12C)C(=O)O. The van der Waals surface area contributed by atoms with Crippen molar-refractivity contribution in [2.45, 2.75) is 112 Å². The van der Waals surface area contributed by atoms with Crippen molar-refractivity contribution in [3.63, 3.8) is 0 Å². The molecular weight excluding hydrogens is 424 g/mol. The van der Waals surface area contributed by atoms with Crippen molar-refractivity contribution in [3.8, 4) is 0 Å². The highest BCUT2D eigenvalue weighted by molar-refractivity contribution is 5.86. The number of carboxylic acids is 1. The number of carboxylic acid groups (broad SMARTS) is 1. The van der Waals surface area contributed by atoms with Crippen molar-refractivity contribution >= 4 is 11.8 Å². The molecule has 0 aliphatic heterocycles. The maximum Gasteiger partial charge on any atom is 0.331 e. The Kier molecular flexibility index (Phi) is 5.36. The highest BCUT2D eigenvalue weighted by Gasteiger charge is 2.82. The first-order chi connectivity index (χ1) is 15.8. The number of Topliss-reactive ketones (excluding diaryl/α,β-unsaturated/α-hetero) is 1. The summed E-state index contributed by atoms with van der Waals surface area (Å²) in [5.41, 5.74) is 1.54. The third-order valence-electron chi connectivity index (χ3n) is 13.0. The molecule has 0 heterocycles. The van der Waals surface area contributed by atoms with Gasteiger partial charge in [-0.15, -0.1) is 0 Å². The second-order valence-electron chi connectivity index (χ2n) is 14.2. The number of carbonyl (C=O) groups is 2. The van der Waals surface area contributed by atoms with E-state index in [2.05, 4.69) is 34.6 Å². The van der Waals surface area contributed by atoms with Crippen LogP contribution in [0.1, 0.15) is 106 Å². The Morgan fingerprint density at radius 3 is 2.32 bits per heavy atom. The van der Waals surface area contributed by atoms with Crippen LogP contribution in [0.3, 0.4) is 0 Å². The van der Waals surface area contributed by atoms with Gasteiger partial charge >= 0.3 is 5.97 Å². The van der Waals surface area contributed by atoms with Gasteiger partial charge in [-0.05, 0) is 116 Å². The Hall–Kier alpha value is -1.16. The number of carbonyl (C=O) groups excluding carboxylic acids is 1. The summed E-state index contributed by atoms with van der Waals surface area (Å²) < 4.78 is 0. The third-order valence-corrected chi connectivity index (χ3v) is 13.0. The molecule has 5 rings (SSSR count). The molecule has 5 aliphatic carbocycles. The van der Waals surface area contributed by atoms with Gasteiger partial charge in [-0.1, -0.05) is 34.6 Å². The molecule has 4 heteroatoms. The van der Waals surface area contributed by atoms with Crippen molar-refractivity contribution in [2.24, 2.45) is 50.7 Å². The normalized spacial score (nSPS) is 48.7. The lowest BCUT2D eigenvalue weighted by atomic mass is 9.42. The van der Waals surface area contributed by atoms with Gasteiger partial charge in [0.25, 0.3) is 0 Å². The average molecular weight is 471 g/mol. The molecule has 0 aromatic carbocycles. The lowest BCUT2D eigenvalue weighted by Crippen LogP contribution is -2.57. The van der Waals surface area contributed by atoms with Gasteiger partial charge in [-0.3, -0.25) is 4.79 Å². The molecular formula is C30H46O4. The summed E-state index contributed by atoms with van der Waals surface area (Å²) in [6.07, 6.45) is 12.3. The molecule has 2 spiro atoms. The van der Waals surface area contributed by atoms with Crippen LogP contribution in [0.4, 0.5) is 0 Å². The fourth-order valence-corrected chi connectivity index (χ4v) is 11.1. The Morgan fingerprint density at radius 2 is 1.65 bits per heavy atom. The van der Waals surface area contributed by atoms with E-state index in [1.165, 1.54) is 51.0 Å². The van der Waals surface area contributed by atoms with Gasteiger partial charge < -0.3 is 10.2 Å². The third kappa shape index (κ3) is 2.93. The van der Waals surface area contributed by atoms with E-state index in [0.29, 0.717) is 46.2 Å². The van der Waals surface area contributed by atoms with Gasteiger partial charge in [-0.25, -0.2) is 4.79 Å². The van der Waals surface area contributed by atoms with Crippen LogP contribution in [0, 0.1) is 50.7 Å². The molecule has 0 aromatic heterocycles. The molecule has 0 radical (unpaired) electrons. The van der Waals surface area contributed by atoms with E-state index < -0.39 is 12.1 Å². The second-order valence-corrected chi connectivity index (χ2v) is 14.2. The zero-order valence-corrected chi connectivity index (χ0v) is 22.2. The Morgan fingerprint density at radius 1 is 1.00 bits per heavy atom. The number of rotatable bonds is 5. The quantitative estimate of drug-likeness (QED) is 0.455. The van der Waals surface area contributed by atoms with Crippen LogP contribution in [-0.4, -0.2) is 28.1 Å². The smallest absolute Gasteiger partial charge is 0.331 e. The fraction of sp³-hybridized carbons (Fsp3) is 0.867. The summed E-state index contributed by atoms with van der Waals surface area (Å²) in [5.74, 6) is 1.81. The summed E-state index contributed by atoms with van der Waals surface area (Å²) in [6.45, 7) is 13.5. The number of aliphatic hydroxyl groups is 1. The van der Waals surface area contributed by atoms with E-state index in [9.17, 15) is 19.8 Å². The predicted molar refractivity (Wildman–Crippen MR) is 133 cm³/mol. The predicted octanol–water partition coefficient (Wildman–Crippen LogP) is 6.41. The van der Waals surface area contributed by atoms with Crippen LogP contribution in [-0.2, 0) is 9.59 Å². The highest BCUT2D eigenvalue weighted by atomic mass is 16.4. The van der Waals surface area contributed by atoms with Gasteiger partial charge in [-0.2, -0.15) is 0 Å². The zero-order valence-electron chi connectivity index (χ0n) is 22.2. The van der Waals surface area contributed by atoms with Gasteiger partial charge in [0.2, 0.25) is 0 Å². The van der Waals surface area contributed by atoms with Crippen LogP contribution in [0.5, 0.6) is 0 Å². The summed E-state index contributed by atoms with van der Waals surface area (Å²) >= 11 is 0. The van der Waals surface area contributed by atoms with Crippen molar-refractivity contribution < 1.29 is 19.8 Å². The first-order valence-corrected chi connectivity index (χ1v) is 13.9. The van der Waals surface area contributed by atoms with Crippen LogP contribution in [0.2, 0.25) is 0 Å². The number of hydrogen-bond donors (Lipinski definition) is 2. The highest BCUT2D eigenvalue weighted by Crippen LogP contribution is 2.88. The Balaban J connectivity index is 1.38. The minimum absolute atomic E-state index is 0.154. The zero-order chi connectivity index (χ0) is 24.9. The van der Waals surface area contributed by atoms with E-state index >= 15 is 0 Å². The van der Waals surface area contributed by atoms with Crippen molar-refractivity contribution in [3.05, 3.63) is 11.6 Å². The number of hydrogen-bond acceptors (Lipinski definition) is 3. The van der Waals surface area contributed by atoms with Gasteiger partial charge in [0, 0.05) is 17.4 Å². The maximum atomic E-state index is 12.8. The molecule has 9 atom stereocenters. The minimum Gasteiger partial charge on any atom is -0.478 e. The monoisotopic (exact) mass is 470 g/mol. The summed E-state index contributed by atoms with van der Waals surface area (Å²) in [7, 11) is 0. The number of fused-ring (bicyclic) bond motifs is 2. The number of aliphatic hydroxyl groups excluding tert-OH is 1. The van der Waals surface area contributed by atoms with E-state index in [1.54, 1.807) is 6.92 Å². The maximum absolute atomic E-state index is 12.8. The van der Waals surface area contributed by atoms with Crippen LogP contribution < -0.4 is 0 Å². The van der Waals surface area contributed by atoms with Crippen molar-refractivity contribution in [1.82, 2.24) is 0 Å². The lowest BCUT2D eigenvalue weighted by molar-refractivity contribution is -0.157. The van der Waals surface area contributed by atoms with Crippen molar-refractivity contribution in [1.29, 1.82) is 0 Å². The molecule has 4 nitrogen and oxygen atoms in total. The first-order valence-electron chi connectivity index (χ1n) is 13.9. The fourth-order valence-electron chi connectivity index (χ4n) is 11.1.